The van der Waals surface area contributed by atoms with E-state index in [1.807, 2.05) is 18.2 Å². The highest BCUT2D eigenvalue weighted by Gasteiger charge is 2.21. The Hall–Kier alpha value is -2.84. The fourth-order valence-corrected chi connectivity index (χ4v) is 3.89. The number of thioether (sulfide) groups is 1. The van der Waals surface area contributed by atoms with Crippen LogP contribution >= 0.6 is 23.4 Å². The molecule has 0 aliphatic rings. The number of carbonyl (C=O) groups excluding carboxylic acids is 2. The number of aromatic nitrogens is 2. The molecule has 1 atom stereocenters. The Morgan fingerprint density at radius 3 is 2.63 bits per heavy atom. The van der Waals surface area contributed by atoms with Gasteiger partial charge in [-0.2, -0.15) is 0 Å². The Kier molecular flexibility index (Phi) is 7.12. The minimum absolute atomic E-state index is 0.244. The van der Waals surface area contributed by atoms with E-state index in [4.69, 9.17) is 16.3 Å². The molecule has 30 heavy (non-hydrogen) atoms. The molecule has 1 heterocycles. The normalized spacial score (nSPS) is 11.8. The van der Waals surface area contributed by atoms with Gasteiger partial charge in [-0.25, -0.2) is 4.98 Å². The average molecular weight is 446 g/mol. The number of rotatable bonds is 7. The first-order chi connectivity index (χ1) is 14.4. The van der Waals surface area contributed by atoms with Gasteiger partial charge in [-0.1, -0.05) is 53.7 Å². The predicted octanol–water partition coefficient (Wildman–Crippen LogP) is 3.02. The summed E-state index contributed by atoms with van der Waals surface area (Å²) in [6, 6.07) is 14.1. The number of benzene rings is 2. The first-order valence-corrected chi connectivity index (χ1v) is 10.4. The summed E-state index contributed by atoms with van der Waals surface area (Å²) in [5.74, 6) is -0.821. The number of carbonyl (C=O) groups is 2. The molecule has 0 unspecified atom stereocenters. The number of fused-ring (bicyclic) bond motifs is 1. The van der Waals surface area contributed by atoms with Crippen molar-refractivity contribution in [2.24, 2.45) is 0 Å². The van der Waals surface area contributed by atoms with E-state index < -0.39 is 11.2 Å². The number of hydrogen-bond donors (Lipinski definition) is 1. The summed E-state index contributed by atoms with van der Waals surface area (Å²) < 4.78 is 5.93. The number of halogens is 1. The van der Waals surface area contributed by atoms with E-state index >= 15 is 0 Å². The third kappa shape index (κ3) is 5.01. The van der Waals surface area contributed by atoms with Crippen LogP contribution in [0, 0.1) is 0 Å². The lowest BCUT2D eigenvalue weighted by Crippen LogP contribution is -2.32. The second-order valence-electron chi connectivity index (χ2n) is 6.45. The zero-order chi connectivity index (χ0) is 21.7. The molecule has 0 saturated heterocycles. The number of para-hydroxylation sites is 1. The predicted molar refractivity (Wildman–Crippen MR) is 117 cm³/mol. The van der Waals surface area contributed by atoms with Crippen molar-refractivity contribution in [3.63, 3.8) is 0 Å². The minimum Gasteiger partial charge on any atom is -0.468 e. The van der Waals surface area contributed by atoms with Crippen molar-refractivity contribution in [2.45, 2.75) is 30.4 Å². The van der Waals surface area contributed by atoms with Gasteiger partial charge < -0.3 is 10.1 Å². The number of nitrogens with zero attached hydrogens (tertiary/aromatic N) is 2. The number of hydrogen-bond acceptors (Lipinski definition) is 6. The molecule has 1 N–H and O–H groups in total. The topological polar surface area (TPSA) is 90.3 Å². The quantitative estimate of drug-likeness (QED) is 0.341. The first-order valence-electron chi connectivity index (χ1n) is 9.15. The molecule has 3 aromatic rings. The smallest absolute Gasteiger partial charge is 0.325 e. The second kappa shape index (κ2) is 9.77. The van der Waals surface area contributed by atoms with E-state index in [0.717, 1.165) is 17.3 Å². The molecule has 9 heteroatoms. The van der Waals surface area contributed by atoms with Gasteiger partial charge in [0.1, 0.15) is 6.54 Å². The van der Waals surface area contributed by atoms with Crippen LogP contribution in [0.5, 0.6) is 0 Å². The van der Waals surface area contributed by atoms with Gasteiger partial charge in [-0.3, -0.25) is 19.0 Å². The lowest BCUT2D eigenvalue weighted by atomic mass is 10.2. The third-order valence-electron chi connectivity index (χ3n) is 4.40. The van der Waals surface area contributed by atoms with Crippen LogP contribution in [-0.4, -0.2) is 33.8 Å². The molecular weight excluding hydrogens is 426 g/mol. The lowest BCUT2D eigenvalue weighted by Gasteiger charge is -2.16. The maximum atomic E-state index is 12.9. The summed E-state index contributed by atoms with van der Waals surface area (Å²) in [5.41, 5.74) is 0.933. The summed E-state index contributed by atoms with van der Waals surface area (Å²) in [4.78, 5) is 41.8. The Morgan fingerprint density at radius 1 is 1.20 bits per heavy atom. The highest BCUT2D eigenvalue weighted by molar-refractivity contribution is 8.00. The van der Waals surface area contributed by atoms with Crippen LogP contribution in [0.15, 0.2) is 58.5 Å². The summed E-state index contributed by atoms with van der Waals surface area (Å²) in [7, 11) is 1.25. The zero-order valence-electron chi connectivity index (χ0n) is 16.4. The standard InChI is InChI=1S/C21H20ClN3O4S/c1-13(19(27)23-11-14-7-3-5-9-16(14)22)30-21-24-17-10-6-4-8-15(17)20(28)25(21)12-18(26)29-2/h3-10,13H,11-12H2,1-2H3,(H,23,27)/t13-/m1/s1. The maximum absolute atomic E-state index is 12.9. The van der Waals surface area contributed by atoms with E-state index in [1.54, 1.807) is 37.3 Å². The highest BCUT2D eigenvalue weighted by Crippen LogP contribution is 2.23. The minimum atomic E-state index is -0.577. The Morgan fingerprint density at radius 2 is 1.90 bits per heavy atom. The third-order valence-corrected chi connectivity index (χ3v) is 5.86. The summed E-state index contributed by atoms with van der Waals surface area (Å²) in [6.07, 6.45) is 0. The summed E-state index contributed by atoms with van der Waals surface area (Å²) >= 11 is 7.22. The Labute approximate surface area is 182 Å². The molecule has 0 bridgehead atoms. The zero-order valence-corrected chi connectivity index (χ0v) is 18.0. The summed E-state index contributed by atoms with van der Waals surface area (Å²) in [6.45, 7) is 1.70. The monoisotopic (exact) mass is 445 g/mol. The fourth-order valence-electron chi connectivity index (χ4n) is 2.75. The number of nitrogens with one attached hydrogen (secondary N) is 1. The molecule has 2 aromatic carbocycles. The summed E-state index contributed by atoms with van der Waals surface area (Å²) in [5, 5.41) is 3.50. The van der Waals surface area contributed by atoms with E-state index in [-0.39, 0.29) is 29.7 Å². The van der Waals surface area contributed by atoms with Gasteiger partial charge >= 0.3 is 5.97 Å². The van der Waals surface area contributed by atoms with Crippen LogP contribution < -0.4 is 10.9 Å². The molecule has 0 saturated carbocycles. The van der Waals surface area contributed by atoms with Crippen molar-refractivity contribution >= 4 is 46.1 Å². The van der Waals surface area contributed by atoms with Crippen molar-refractivity contribution in [1.29, 1.82) is 0 Å². The van der Waals surface area contributed by atoms with Crippen LogP contribution in [0.1, 0.15) is 12.5 Å². The maximum Gasteiger partial charge on any atom is 0.325 e. The first kappa shape index (κ1) is 21.9. The fraction of sp³-hybridized carbons (Fsp3) is 0.238. The van der Waals surface area contributed by atoms with E-state index in [1.165, 1.54) is 11.7 Å². The number of amides is 1. The van der Waals surface area contributed by atoms with E-state index in [0.29, 0.717) is 15.9 Å². The molecule has 0 spiro atoms. The number of methoxy groups -OCH3 is 1. The van der Waals surface area contributed by atoms with E-state index in [9.17, 15) is 14.4 Å². The van der Waals surface area contributed by atoms with E-state index in [2.05, 4.69) is 10.3 Å². The largest absolute Gasteiger partial charge is 0.468 e. The van der Waals surface area contributed by atoms with Crippen molar-refractivity contribution in [2.75, 3.05) is 7.11 Å². The molecule has 3 rings (SSSR count). The Bertz CT molecular complexity index is 1150. The molecule has 0 radical (unpaired) electrons. The molecule has 0 fully saturated rings. The van der Waals surface area contributed by atoms with Gasteiger partial charge in [0, 0.05) is 11.6 Å². The van der Waals surface area contributed by atoms with Gasteiger partial charge in [0.05, 0.1) is 23.3 Å². The van der Waals surface area contributed by atoms with Gasteiger partial charge in [0.15, 0.2) is 5.16 Å². The van der Waals surface area contributed by atoms with Crippen LogP contribution in [0.25, 0.3) is 10.9 Å². The average Bonchev–Trinajstić information content (AvgIpc) is 2.75. The van der Waals surface area contributed by atoms with Crippen molar-refractivity contribution in [3.05, 3.63) is 69.5 Å². The van der Waals surface area contributed by atoms with Crippen LogP contribution in [0.3, 0.4) is 0 Å². The molecule has 0 aliphatic heterocycles. The second-order valence-corrected chi connectivity index (χ2v) is 8.16. The SMILES string of the molecule is COC(=O)Cn1c(S[C@H](C)C(=O)NCc2ccccc2Cl)nc2ccccc2c1=O. The van der Waals surface area contributed by atoms with Crippen molar-refractivity contribution in [1.82, 2.24) is 14.9 Å². The lowest BCUT2D eigenvalue weighted by molar-refractivity contribution is -0.141. The van der Waals surface area contributed by atoms with Crippen LogP contribution in [0.2, 0.25) is 5.02 Å². The molecule has 7 nitrogen and oxygen atoms in total. The van der Waals surface area contributed by atoms with Gasteiger partial charge in [0.2, 0.25) is 5.91 Å². The van der Waals surface area contributed by atoms with Gasteiger partial charge in [-0.05, 0) is 30.7 Å². The number of ether oxygens (including phenoxy) is 1. The molecular formula is C21H20ClN3O4S. The molecule has 156 valence electrons. The molecule has 1 amide bonds. The van der Waals surface area contributed by atoms with Crippen LogP contribution in [-0.2, 0) is 27.4 Å². The molecule has 0 aliphatic carbocycles. The van der Waals surface area contributed by atoms with Gasteiger partial charge in [0.25, 0.3) is 5.56 Å². The highest BCUT2D eigenvalue weighted by atomic mass is 35.5. The Balaban J connectivity index is 1.83. The van der Waals surface area contributed by atoms with Crippen LogP contribution in [0.4, 0.5) is 0 Å². The van der Waals surface area contributed by atoms with Gasteiger partial charge in [-0.15, -0.1) is 0 Å². The number of esters is 1. The van der Waals surface area contributed by atoms with Crippen molar-refractivity contribution in [3.8, 4) is 0 Å². The van der Waals surface area contributed by atoms with Crippen molar-refractivity contribution < 1.29 is 14.3 Å². The molecule has 1 aromatic heterocycles.